The number of benzene rings is 1. The van der Waals surface area contributed by atoms with Crippen LogP contribution in [0.25, 0.3) is 10.2 Å². The Morgan fingerprint density at radius 2 is 2.16 bits per heavy atom. The average molecular weight is 278 g/mol. The highest BCUT2D eigenvalue weighted by Crippen LogP contribution is 2.22. The first kappa shape index (κ1) is 14.0. The standard InChI is InChI=1S/C14H18N2O2S/c17-10-4-3-9-15-13(18)7-8-14-16-11-5-1-2-6-12(11)19-14/h1-2,5-6,17H,3-4,7-10H2,(H,15,18). The summed E-state index contributed by atoms with van der Waals surface area (Å²) in [6.07, 6.45) is 2.71. The molecule has 5 heteroatoms. The summed E-state index contributed by atoms with van der Waals surface area (Å²) in [4.78, 5) is 16.1. The first-order valence-corrected chi connectivity index (χ1v) is 7.33. The fourth-order valence-electron chi connectivity index (χ4n) is 1.80. The minimum Gasteiger partial charge on any atom is -0.396 e. The zero-order valence-corrected chi connectivity index (χ0v) is 11.6. The molecule has 1 aromatic heterocycles. The Kier molecular flexibility index (Phi) is 5.30. The Morgan fingerprint density at radius 3 is 2.95 bits per heavy atom. The number of hydrogen-bond acceptors (Lipinski definition) is 4. The Labute approximate surface area is 116 Å². The molecule has 102 valence electrons. The SMILES string of the molecule is O=C(CCc1nc2ccccc2s1)NCCCCO. The molecule has 2 rings (SSSR count). The zero-order valence-electron chi connectivity index (χ0n) is 10.8. The molecule has 0 saturated heterocycles. The number of amides is 1. The number of aliphatic hydroxyl groups excluding tert-OH is 1. The number of para-hydroxylation sites is 1. The second-order valence-corrected chi connectivity index (χ2v) is 5.47. The van der Waals surface area contributed by atoms with E-state index in [1.165, 1.54) is 4.70 Å². The number of aliphatic hydroxyl groups is 1. The van der Waals surface area contributed by atoms with Crippen LogP contribution >= 0.6 is 11.3 Å². The third kappa shape index (κ3) is 4.29. The number of nitrogens with one attached hydrogen (secondary N) is 1. The normalized spacial score (nSPS) is 10.8. The molecule has 0 spiro atoms. The number of aromatic nitrogens is 1. The van der Waals surface area contributed by atoms with Crippen LogP contribution in [0.4, 0.5) is 0 Å². The predicted molar refractivity (Wildman–Crippen MR) is 77.3 cm³/mol. The number of fused-ring (bicyclic) bond motifs is 1. The minimum absolute atomic E-state index is 0.0530. The van der Waals surface area contributed by atoms with E-state index in [0.717, 1.165) is 23.4 Å². The van der Waals surface area contributed by atoms with Crippen LogP contribution in [0.5, 0.6) is 0 Å². The van der Waals surface area contributed by atoms with Crippen molar-refractivity contribution in [3.8, 4) is 0 Å². The fraction of sp³-hybridized carbons (Fsp3) is 0.429. The molecule has 1 heterocycles. The van der Waals surface area contributed by atoms with Gasteiger partial charge in [0.05, 0.1) is 15.2 Å². The molecule has 0 aliphatic rings. The summed E-state index contributed by atoms with van der Waals surface area (Å²) in [5.41, 5.74) is 1.01. The lowest BCUT2D eigenvalue weighted by molar-refractivity contribution is -0.121. The molecule has 0 atom stereocenters. The predicted octanol–water partition coefficient (Wildman–Crippen LogP) is 2.12. The van der Waals surface area contributed by atoms with E-state index in [4.69, 9.17) is 5.11 Å². The maximum atomic E-state index is 11.6. The fourth-order valence-corrected chi connectivity index (χ4v) is 2.77. The highest BCUT2D eigenvalue weighted by atomic mass is 32.1. The van der Waals surface area contributed by atoms with Gasteiger partial charge in [0.2, 0.25) is 5.91 Å². The molecule has 2 N–H and O–H groups in total. The summed E-state index contributed by atoms with van der Waals surface area (Å²) < 4.78 is 1.17. The van der Waals surface area contributed by atoms with Crippen molar-refractivity contribution in [1.82, 2.24) is 10.3 Å². The van der Waals surface area contributed by atoms with Gasteiger partial charge >= 0.3 is 0 Å². The van der Waals surface area contributed by atoms with Crippen molar-refractivity contribution in [2.75, 3.05) is 13.2 Å². The molecule has 0 fully saturated rings. The third-order valence-corrected chi connectivity index (χ3v) is 3.91. The third-order valence-electron chi connectivity index (χ3n) is 2.81. The highest BCUT2D eigenvalue weighted by Gasteiger charge is 2.06. The van der Waals surface area contributed by atoms with Crippen molar-refractivity contribution in [2.45, 2.75) is 25.7 Å². The number of hydrogen-bond donors (Lipinski definition) is 2. The van der Waals surface area contributed by atoms with Gasteiger partial charge in [0.25, 0.3) is 0 Å². The smallest absolute Gasteiger partial charge is 0.220 e. The molecule has 1 aromatic carbocycles. The van der Waals surface area contributed by atoms with Crippen molar-refractivity contribution in [3.05, 3.63) is 29.3 Å². The number of carbonyl (C=O) groups excluding carboxylic acids is 1. The molecule has 0 unspecified atom stereocenters. The number of rotatable bonds is 7. The monoisotopic (exact) mass is 278 g/mol. The first-order valence-electron chi connectivity index (χ1n) is 6.51. The topological polar surface area (TPSA) is 62.2 Å². The van der Waals surface area contributed by atoms with Gasteiger partial charge in [-0.25, -0.2) is 4.98 Å². The van der Waals surface area contributed by atoms with E-state index in [2.05, 4.69) is 10.3 Å². The van der Waals surface area contributed by atoms with Crippen molar-refractivity contribution < 1.29 is 9.90 Å². The van der Waals surface area contributed by atoms with Gasteiger partial charge in [0.1, 0.15) is 0 Å². The number of carbonyl (C=O) groups is 1. The molecule has 0 aliphatic carbocycles. The summed E-state index contributed by atoms with van der Waals surface area (Å²) in [6.45, 7) is 0.820. The van der Waals surface area contributed by atoms with Crippen molar-refractivity contribution in [3.63, 3.8) is 0 Å². The van der Waals surface area contributed by atoms with Gasteiger partial charge in [-0.1, -0.05) is 12.1 Å². The Balaban J connectivity index is 1.77. The van der Waals surface area contributed by atoms with Crippen LogP contribution in [0, 0.1) is 0 Å². The molecule has 0 aliphatic heterocycles. The highest BCUT2D eigenvalue weighted by molar-refractivity contribution is 7.18. The van der Waals surface area contributed by atoms with Crippen LogP contribution in [-0.2, 0) is 11.2 Å². The molecule has 0 bridgehead atoms. The Morgan fingerprint density at radius 1 is 1.32 bits per heavy atom. The van der Waals surface area contributed by atoms with Crippen LogP contribution in [0.3, 0.4) is 0 Å². The largest absolute Gasteiger partial charge is 0.396 e. The van der Waals surface area contributed by atoms with E-state index in [0.29, 0.717) is 19.4 Å². The van der Waals surface area contributed by atoms with Crippen LogP contribution in [0.2, 0.25) is 0 Å². The van der Waals surface area contributed by atoms with Gasteiger partial charge < -0.3 is 10.4 Å². The number of thiazole rings is 1. The van der Waals surface area contributed by atoms with E-state index < -0.39 is 0 Å². The van der Waals surface area contributed by atoms with Crippen molar-refractivity contribution in [2.24, 2.45) is 0 Å². The van der Waals surface area contributed by atoms with E-state index in [1.807, 2.05) is 24.3 Å². The van der Waals surface area contributed by atoms with Gasteiger partial charge in [0.15, 0.2) is 0 Å². The average Bonchev–Trinajstić information content (AvgIpc) is 2.84. The second kappa shape index (κ2) is 7.21. The summed E-state index contributed by atoms with van der Waals surface area (Å²) in [6, 6.07) is 8.01. The van der Waals surface area contributed by atoms with E-state index in [1.54, 1.807) is 11.3 Å². The van der Waals surface area contributed by atoms with Crippen molar-refractivity contribution in [1.29, 1.82) is 0 Å². The zero-order chi connectivity index (χ0) is 13.5. The summed E-state index contributed by atoms with van der Waals surface area (Å²) in [5, 5.41) is 12.5. The number of nitrogens with zero attached hydrogens (tertiary/aromatic N) is 1. The Hall–Kier alpha value is -1.46. The molecular weight excluding hydrogens is 260 g/mol. The van der Waals surface area contributed by atoms with Crippen LogP contribution in [0.15, 0.2) is 24.3 Å². The van der Waals surface area contributed by atoms with Crippen LogP contribution in [-0.4, -0.2) is 29.1 Å². The van der Waals surface area contributed by atoms with Crippen LogP contribution in [0.1, 0.15) is 24.3 Å². The molecule has 1 amide bonds. The second-order valence-electron chi connectivity index (χ2n) is 4.36. The van der Waals surface area contributed by atoms with Gasteiger partial charge in [0, 0.05) is 26.0 Å². The Bertz CT molecular complexity index is 506. The summed E-state index contributed by atoms with van der Waals surface area (Å²) >= 11 is 1.65. The first-order chi connectivity index (χ1) is 9.29. The lowest BCUT2D eigenvalue weighted by Gasteiger charge is -2.03. The minimum atomic E-state index is 0.0530. The van der Waals surface area contributed by atoms with Gasteiger partial charge in [-0.3, -0.25) is 4.79 Å². The summed E-state index contributed by atoms with van der Waals surface area (Å²) in [7, 11) is 0. The maximum absolute atomic E-state index is 11.6. The maximum Gasteiger partial charge on any atom is 0.220 e. The summed E-state index contributed by atoms with van der Waals surface area (Å²) in [5.74, 6) is 0.0530. The lowest BCUT2D eigenvalue weighted by atomic mass is 10.3. The number of aryl methyl sites for hydroxylation is 1. The number of unbranched alkanes of at least 4 members (excludes halogenated alkanes) is 1. The van der Waals surface area contributed by atoms with Gasteiger partial charge in [-0.2, -0.15) is 0 Å². The van der Waals surface area contributed by atoms with Crippen LogP contribution < -0.4 is 5.32 Å². The van der Waals surface area contributed by atoms with Crippen molar-refractivity contribution >= 4 is 27.5 Å². The van der Waals surface area contributed by atoms with E-state index in [9.17, 15) is 4.79 Å². The molecule has 0 radical (unpaired) electrons. The molecule has 19 heavy (non-hydrogen) atoms. The lowest BCUT2D eigenvalue weighted by Crippen LogP contribution is -2.24. The molecule has 2 aromatic rings. The molecular formula is C14H18N2O2S. The molecule has 4 nitrogen and oxygen atoms in total. The molecule has 0 saturated carbocycles. The van der Waals surface area contributed by atoms with E-state index >= 15 is 0 Å². The van der Waals surface area contributed by atoms with Gasteiger partial charge in [-0.05, 0) is 25.0 Å². The quantitative estimate of drug-likeness (QED) is 0.763. The van der Waals surface area contributed by atoms with E-state index in [-0.39, 0.29) is 12.5 Å². The van der Waals surface area contributed by atoms with Gasteiger partial charge in [-0.15, -0.1) is 11.3 Å².